The van der Waals surface area contributed by atoms with Gasteiger partial charge in [0.15, 0.2) is 0 Å². The number of halogens is 2. The second-order valence-electron chi connectivity index (χ2n) is 4.94. The summed E-state index contributed by atoms with van der Waals surface area (Å²) < 4.78 is 4.87. The first-order valence-electron chi connectivity index (χ1n) is 6.47. The number of piperidine rings is 1. The highest BCUT2D eigenvalue weighted by molar-refractivity contribution is 6.42. The zero-order chi connectivity index (χ0) is 15.3. The summed E-state index contributed by atoms with van der Waals surface area (Å²) in [6.45, 7) is 1.91. The van der Waals surface area contributed by atoms with Crippen molar-refractivity contribution in [1.82, 2.24) is 0 Å². The fourth-order valence-electron chi connectivity index (χ4n) is 2.74. The van der Waals surface area contributed by atoms with Crippen LogP contribution in [0.2, 0.25) is 10.0 Å². The molecular weight excluding hydrogens is 317 g/mol. The molecule has 1 saturated heterocycles. The van der Waals surface area contributed by atoms with Crippen LogP contribution in [0, 0.1) is 17.8 Å². The van der Waals surface area contributed by atoms with Gasteiger partial charge in [-0.25, -0.2) is 4.90 Å². The molecule has 1 aliphatic carbocycles. The number of imide groups is 1. The SMILES string of the molecule is CCOC(=O)C1C2C(=O)N(c3ccc(Cl)c(Cl)c3)C(=O)C12. The molecule has 1 saturated carbocycles. The highest BCUT2D eigenvalue weighted by atomic mass is 35.5. The van der Waals surface area contributed by atoms with E-state index in [2.05, 4.69) is 0 Å². The Labute approximate surface area is 130 Å². The van der Waals surface area contributed by atoms with E-state index in [0.29, 0.717) is 10.7 Å². The third-order valence-corrected chi connectivity index (χ3v) is 4.49. The van der Waals surface area contributed by atoms with Crippen LogP contribution in [-0.2, 0) is 19.1 Å². The average molecular weight is 328 g/mol. The minimum absolute atomic E-state index is 0.230. The van der Waals surface area contributed by atoms with Crippen LogP contribution in [0.3, 0.4) is 0 Å². The third-order valence-electron chi connectivity index (χ3n) is 3.75. The summed E-state index contributed by atoms with van der Waals surface area (Å²) in [5, 5.41) is 0.603. The molecule has 0 aromatic heterocycles. The number of esters is 1. The van der Waals surface area contributed by atoms with Gasteiger partial charge in [-0.05, 0) is 25.1 Å². The molecular formula is C14H11Cl2NO4. The van der Waals surface area contributed by atoms with Gasteiger partial charge >= 0.3 is 5.97 Å². The highest BCUT2D eigenvalue weighted by Gasteiger charge is 2.71. The van der Waals surface area contributed by atoms with Crippen molar-refractivity contribution in [3.63, 3.8) is 0 Å². The van der Waals surface area contributed by atoms with Crippen molar-refractivity contribution in [2.24, 2.45) is 17.8 Å². The lowest BCUT2D eigenvalue weighted by atomic mass is 10.2. The van der Waals surface area contributed by atoms with Crippen LogP contribution in [0.15, 0.2) is 18.2 Å². The fraction of sp³-hybridized carbons (Fsp3) is 0.357. The number of rotatable bonds is 3. The number of ether oxygens (including phenoxy) is 1. The molecule has 2 aliphatic rings. The number of anilines is 1. The number of hydrogen-bond donors (Lipinski definition) is 0. The molecule has 0 spiro atoms. The number of nitrogens with zero attached hydrogens (tertiary/aromatic N) is 1. The minimum atomic E-state index is -0.635. The van der Waals surface area contributed by atoms with Crippen molar-refractivity contribution in [1.29, 1.82) is 0 Å². The summed E-state index contributed by atoms with van der Waals surface area (Å²) >= 11 is 11.7. The molecule has 0 radical (unpaired) electrons. The summed E-state index contributed by atoms with van der Waals surface area (Å²) in [5.41, 5.74) is 0.370. The van der Waals surface area contributed by atoms with Gasteiger partial charge in [-0.3, -0.25) is 14.4 Å². The summed E-state index contributed by atoms with van der Waals surface area (Å²) in [4.78, 5) is 37.3. The molecule has 2 unspecified atom stereocenters. The van der Waals surface area contributed by atoms with Crippen LogP contribution in [0.4, 0.5) is 5.69 Å². The van der Waals surface area contributed by atoms with Crippen LogP contribution in [-0.4, -0.2) is 24.4 Å². The second-order valence-corrected chi connectivity index (χ2v) is 5.75. The Morgan fingerprint density at radius 2 is 1.81 bits per heavy atom. The van der Waals surface area contributed by atoms with Crippen molar-refractivity contribution in [2.45, 2.75) is 6.92 Å². The lowest BCUT2D eigenvalue weighted by Crippen LogP contribution is -2.36. The maximum atomic E-state index is 12.3. The van der Waals surface area contributed by atoms with E-state index in [1.54, 1.807) is 13.0 Å². The first kappa shape index (κ1) is 14.4. The molecule has 2 atom stereocenters. The fourth-order valence-corrected chi connectivity index (χ4v) is 3.03. The lowest BCUT2D eigenvalue weighted by molar-refractivity contribution is -0.147. The van der Waals surface area contributed by atoms with Gasteiger partial charge in [0.1, 0.15) is 0 Å². The Hall–Kier alpha value is -1.59. The van der Waals surface area contributed by atoms with Gasteiger partial charge in [0.05, 0.1) is 40.1 Å². The molecule has 1 aromatic carbocycles. The quantitative estimate of drug-likeness (QED) is 0.631. The second kappa shape index (κ2) is 5.00. The first-order chi connectivity index (χ1) is 9.97. The van der Waals surface area contributed by atoms with Crippen molar-refractivity contribution in [3.8, 4) is 0 Å². The van der Waals surface area contributed by atoms with Gasteiger partial charge in [0.25, 0.3) is 0 Å². The largest absolute Gasteiger partial charge is 0.466 e. The van der Waals surface area contributed by atoms with E-state index in [1.165, 1.54) is 12.1 Å². The Bertz CT molecular complexity index is 638. The topological polar surface area (TPSA) is 63.7 Å². The molecule has 1 heterocycles. The van der Waals surface area contributed by atoms with Crippen LogP contribution in [0.1, 0.15) is 6.92 Å². The summed E-state index contributed by atoms with van der Waals surface area (Å²) in [6.07, 6.45) is 0. The van der Waals surface area contributed by atoms with E-state index < -0.39 is 23.7 Å². The van der Waals surface area contributed by atoms with E-state index in [4.69, 9.17) is 27.9 Å². The summed E-state index contributed by atoms with van der Waals surface area (Å²) in [6, 6.07) is 4.53. The molecule has 1 aliphatic heterocycles. The molecule has 7 heteroatoms. The van der Waals surface area contributed by atoms with Crippen molar-refractivity contribution in [2.75, 3.05) is 11.5 Å². The molecule has 0 N–H and O–H groups in total. The van der Waals surface area contributed by atoms with E-state index >= 15 is 0 Å². The molecule has 2 fully saturated rings. The van der Waals surface area contributed by atoms with Gasteiger partial charge in [-0.2, -0.15) is 0 Å². The third kappa shape index (κ3) is 2.12. The van der Waals surface area contributed by atoms with Crippen molar-refractivity contribution >= 4 is 46.7 Å². The van der Waals surface area contributed by atoms with Gasteiger partial charge in [-0.1, -0.05) is 23.2 Å². The average Bonchev–Trinajstić information content (AvgIpc) is 3.12. The monoisotopic (exact) mass is 327 g/mol. The number of fused-ring (bicyclic) bond motifs is 1. The summed E-state index contributed by atoms with van der Waals surface area (Å²) in [5.74, 6) is -3.10. The van der Waals surface area contributed by atoms with Crippen LogP contribution >= 0.6 is 23.2 Å². The molecule has 3 rings (SSSR count). The molecule has 0 bridgehead atoms. The highest BCUT2D eigenvalue weighted by Crippen LogP contribution is 2.55. The predicted octanol–water partition coefficient (Wildman–Crippen LogP) is 2.29. The standard InChI is InChI=1S/C14H11Cl2NO4/c1-2-21-14(20)11-9-10(11)13(19)17(12(9)18)6-3-4-7(15)8(16)5-6/h3-5,9-11H,2H2,1H3. The van der Waals surface area contributed by atoms with E-state index in [1.807, 2.05) is 0 Å². The maximum absolute atomic E-state index is 12.3. The van der Waals surface area contributed by atoms with Gasteiger partial charge < -0.3 is 4.74 Å². The number of benzene rings is 1. The van der Waals surface area contributed by atoms with Crippen LogP contribution in [0.5, 0.6) is 0 Å². The van der Waals surface area contributed by atoms with Gasteiger partial charge in [0.2, 0.25) is 11.8 Å². The number of amides is 2. The predicted molar refractivity (Wildman–Crippen MR) is 76.1 cm³/mol. The summed E-state index contributed by atoms with van der Waals surface area (Å²) in [7, 11) is 0. The van der Waals surface area contributed by atoms with Crippen LogP contribution in [0.25, 0.3) is 0 Å². The van der Waals surface area contributed by atoms with E-state index in [0.717, 1.165) is 4.90 Å². The normalized spacial score (nSPS) is 26.8. The van der Waals surface area contributed by atoms with Crippen molar-refractivity contribution in [3.05, 3.63) is 28.2 Å². The molecule has 1 aromatic rings. The Kier molecular flexibility index (Phi) is 3.42. The lowest BCUT2D eigenvalue weighted by Gasteiger charge is -2.18. The molecule has 2 amide bonds. The molecule has 21 heavy (non-hydrogen) atoms. The van der Waals surface area contributed by atoms with Crippen LogP contribution < -0.4 is 4.90 Å². The van der Waals surface area contributed by atoms with Gasteiger partial charge in [-0.15, -0.1) is 0 Å². The Balaban J connectivity index is 1.83. The maximum Gasteiger partial charge on any atom is 0.310 e. The zero-order valence-corrected chi connectivity index (χ0v) is 12.5. The first-order valence-corrected chi connectivity index (χ1v) is 7.22. The number of carbonyl (C=O) groups excluding carboxylic acids is 3. The minimum Gasteiger partial charge on any atom is -0.466 e. The van der Waals surface area contributed by atoms with E-state index in [9.17, 15) is 14.4 Å². The number of carbonyl (C=O) groups is 3. The van der Waals surface area contributed by atoms with E-state index in [-0.39, 0.29) is 23.4 Å². The molecule has 5 nitrogen and oxygen atoms in total. The Morgan fingerprint density at radius 1 is 1.19 bits per heavy atom. The smallest absolute Gasteiger partial charge is 0.310 e. The number of hydrogen-bond acceptors (Lipinski definition) is 4. The van der Waals surface area contributed by atoms with Gasteiger partial charge in [0, 0.05) is 0 Å². The zero-order valence-electron chi connectivity index (χ0n) is 11.0. The Morgan fingerprint density at radius 3 is 2.33 bits per heavy atom. The molecule has 110 valence electrons. The van der Waals surface area contributed by atoms with Crippen molar-refractivity contribution < 1.29 is 19.1 Å².